The van der Waals surface area contributed by atoms with Crippen LogP contribution >= 0.6 is 11.3 Å². The second-order valence-corrected chi connectivity index (χ2v) is 8.28. The van der Waals surface area contributed by atoms with E-state index in [1.807, 2.05) is 6.07 Å². The molecule has 0 amide bonds. The maximum Gasteiger partial charge on any atom is 0.186 e. The van der Waals surface area contributed by atoms with Crippen LogP contribution in [0.4, 0.5) is 10.9 Å². The molecule has 1 saturated carbocycles. The van der Waals surface area contributed by atoms with Crippen molar-refractivity contribution in [1.82, 2.24) is 15.0 Å². The van der Waals surface area contributed by atoms with Crippen LogP contribution in [-0.4, -0.2) is 45.3 Å². The van der Waals surface area contributed by atoms with Gasteiger partial charge in [-0.3, -0.25) is 4.98 Å². The largest absolute Gasteiger partial charge is 0.391 e. The maximum atomic E-state index is 10.6. The minimum absolute atomic E-state index is 0.0308. The van der Waals surface area contributed by atoms with Crippen LogP contribution in [0.25, 0.3) is 10.2 Å². The van der Waals surface area contributed by atoms with E-state index in [0.717, 1.165) is 42.4 Å². The van der Waals surface area contributed by atoms with E-state index in [4.69, 9.17) is 4.98 Å². The van der Waals surface area contributed by atoms with Gasteiger partial charge in [-0.05, 0) is 36.8 Å². The zero-order valence-corrected chi connectivity index (χ0v) is 15.1. The topological polar surface area (TPSA) is 74.2 Å². The zero-order chi connectivity index (χ0) is 17.5. The molecule has 1 aliphatic carbocycles. The molecule has 5 rings (SSSR count). The van der Waals surface area contributed by atoms with Crippen molar-refractivity contribution in [2.75, 3.05) is 23.3 Å². The Hall–Kier alpha value is -2.25. The standard InChI is InChI=1S/C19H21N5OS/c25-16-8-13-11-24(19-23-14-3-1-2-4-17(14)26-19)10-12(13)7-15(16)22-18-9-20-5-6-21-18/h1-6,9,12-13,15-16,25H,7-8,10-11H2,(H,21,22)/t12-,13+,15-,16-/m1/s1. The number of nitrogens with zero attached hydrogens (tertiary/aromatic N) is 4. The van der Waals surface area contributed by atoms with E-state index < -0.39 is 0 Å². The first kappa shape index (κ1) is 16.0. The average Bonchev–Trinajstić information content (AvgIpc) is 3.26. The number of benzene rings is 1. The molecule has 0 unspecified atom stereocenters. The molecule has 2 aromatic heterocycles. The fraction of sp³-hybridized carbons (Fsp3) is 0.421. The van der Waals surface area contributed by atoms with Gasteiger partial charge in [-0.15, -0.1) is 0 Å². The summed E-state index contributed by atoms with van der Waals surface area (Å²) in [6, 6.07) is 8.33. The van der Waals surface area contributed by atoms with E-state index in [1.54, 1.807) is 29.9 Å². The predicted molar refractivity (Wildman–Crippen MR) is 103 cm³/mol. The van der Waals surface area contributed by atoms with Gasteiger partial charge in [0.25, 0.3) is 0 Å². The molecule has 2 aliphatic rings. The highest BCUT2D eigenvalue weighted by Gasteiger charge is 2.42. The van der Waals surface area contributed by atoms with Gasteiger partial charge in [-0.25, -0.2) is 9.97 Å². The number of hydrogen-bond donors (Lipinski definition) is 2. The minimum Gasteiger partial charge on any atom is -0.391 e. The van der Waals surface area contributed by atoms with Gasteiger partial charge in [0.1, 0.15) is 5.82 Å². The molecular formula is C19H21N5OS. The fourth-order valence-corrected chi connectivity index (χ4v) is 5.28. The highest BCUT2D eigenvalue weighted by atomic mass is 32.1. The average molecular weight is 367 g/mol. The van der Waals surface area contributed by atoms with Crippen molar-refractivity contribution < 1.29 is 5.11 Å². The second kappa shape index (κ2) is 6.48. The molecule has 0 spiro atoms. The van der Waals surface area contributed by atoms with Gasteiger partial charge in [0.05, 0.1) is 28.6 Å². The van der Waals surface area contributed by atoms with E-state index in [2.05, 4.69) is 38.4 Å². The van der Waals surface area contributed by atoms with Crippen molar-refractivity contribution in [3.05, 3.63) is 42.9 Å². The molecular weight excluding hydrogens is 346 g/mol. The van der Waals surface area contributed by atoms with Crippen molar-refractivity contribution in [2.45, 2.75) is 25.0 Å². The number of nitrogens with one attached hydrogen (secondary N) is 1. The lowest BCUT2D eigenvalue weighted by Gasteiger charge is -2.35. The van der Waals surface area contributed by atoms with E-state index in [1.165, 1.54) is 4.70 Å². The smallest absolute Gasteiger partial charge is 0.186 e. The van der Waals surface area contributed by atoms with E-state index in [-0.39, 0.29) is 12.1 Å². The number of aromatic nitrogens is 3. The summed E-state index contributed by atoms with van der Waals surface area (Å²) in [6.45, 7) is 2.00. The summed E-state index contributed by atoms with van der Waals surface area (Å²) in [4.78, 5) is 15.6. The fourth-order valence-electron chi connectivity index (χ4n) is 4.30. The third kappa shape index (κ3) is 2.91. The van der Waals surface area contributed by atoms with Crippen molar-refractivity contribution in [3.63, 3.8) is 0 Å². The summed E-state index contributed by atoms with van der Waals surface area (Å²) in [5, 5.41) is 15.1. The van der Waals surface area contributed by atoms with Crippen molar-refractivity contribution in [2.24, 2.45) is 11.8 Å². The Bertz CT molecular complexity index is 868. The lowest BCUT2D eigenvalue weighted by molar-refractivity contribution is 0.0737. The number of fused-ring (bicyclic) bond motifs is 2. The second-order valence-electron chi connectivity index (χ2n) is 7.27. The Morgan fingerprint density at radius 1 is 1.12 bits per heavy atom. The van der Waals surface area contributed by atoms with Gasteiger partial charge in [0.2, 0.25) is 0 Å². The molecule has 2 fully saturated rings. The highest BCUT2D eigenvalue weighted by molar-refractivity contribution is 7.22. The maximum absolute atomic E-state index is 10.6. The summed E-state index contributed by atoms with van der Waals surface area (Å²) in [5.41, 5.74) is 1.07. The predicted octanol–water partition coefficient (Wildman–Crippen LogP) is 2.77. The summed E-state index contributed by atoms with van der Waals surface area (Å²) in [7, 11) is 0. The Morgan fingerprint density at radius 3 is 2.77 bits per heavy atom. The van der Waals surface area contributed by atoms with Crippen molar-refractivity contribution >= 4 is 32.5 Å². The quantitative estimate of drug-likeness (QED) is 0.742. The number of rotatable bonds is 3. The molecule has 3 heterocycles. The monoisotopic (exact) mass is 367 g/mol. The molecule has 1 aromatic carbocycles. The van der Waals surface area contributed by atoms with Gasteiger partial charge in [0.15, 0.2) is 5.13 Å². The highest BCUT2D eigenvalue weighted by Crippen LogP contribution is 2.40. The summed E-state index contributed by atoms with van der Waals surface area (Å²) >= 11 is 1.76. The number of hydrogen-bond acceptors (Lipinski definition) is 7. The summed E-state index contributed by atoms with van der Waals surface area (Å²) in [6.07, 6.45) is 6.46. The van der Waals surface area contributed by atoms with Crippen LogP contribution < -0.4 is 10.2 Å². The Kier molecular flexibility index (Phi) is 3.98. The van der Waals surface area contributed by atoms with Crippen LogP contribution in [0.2, 0.25) is 0 Å². The summed E-state index contributed by atoms with van der Waals surface area (Å²) in [5.74, 6) is 1.83. The number of para-hydroxylation sites is 1. The van der Waals surface area contributed by atoms with Crippen molar-refractivity contribution in [3.8, 4) is 0 Å². The molecule has 0 radical (unpaired) electrons. The molecule has 134 valence electrons. The van der Waals surface area contributed by atoms with E-state index in [9.17, 15) is 5.11 Å². The van der Waals surface area contributed by atoms with Crippen LogP contribution in [0.1, 0.15) is 12.8 Å². The Morgan fingerprint density at radius 2 is 1.96 bits per heavy atom. The van der Waals surface area contributed by atoms with Crippen LogP contribution in [0.5, 0.6) is 0 Å². The Labute approximate surface area is 155 Å². The normalized spacial score (nSPS) is 28.3. The first-order chi connectivity index (χ1) is 12.8. The van der Waals surface area contributed by atoms with Crippen LogP contribution in [0, 0.1) is 11.8 Å². The Balaban J connectivity index is 1.31. The van der Waals surface area contributed by atoms with Crippen LogP contribution in [-0.2, 0) is 0 Å². The lowest BCUT2D eigenvalue weighted by atomic mass is 9.77. The van der Waals surface area contributed by atoms with Crippen LogP contribution in [0.3, 0.4) is 0 Å². The zero-order valence-electron chi connectivity index (χ0n) is 14.3. The molecule has 4 atom stereocenters. The number of anilines is 2. The molecule has 0 bridgehead atoms. The number of thiazole rings is 1. The van der Waals surface area contributed by atoms with Gasteiger partial charge in [-0.1, -0.05) is 23.5 Å². The van der Waals surface area contributed by atoms with Crippen molar-refractivity contribution in [1.29, 1.82) is 0 Å². The molecule has 2 N–H and O–H groups in total. The van der Waals surface area contributed by atoms with E-state index >= 15 is 0 Å². The number of aliphatic hydroxyl groups excluding tert-OH is 1. The first-order valence-corrected chi connectivity index (χ1v) is 9.89. The number of aliphatic hydroxyl groups is 1. The molecule has 1 aliphatic heterocycles. The molecule has 6 nitrogen and oxygen atoms in total. The van der Waals surface area contributed by atoms with E-state index in [0.29, 0.717) is 11.8 Å². The molecule has 26 heavy (non-hydrogen) atoms. The molecule has 1 saturated heterocycles. The third-order valence-corrected chi connectivity index (χ3v) is 6.69. The third-order valence-electron chi connectivity index (χ3n) is 5.59. The van der Waals surface area contributed by atoms with Gasteiger partial charge in [0, 0.05) is 25.5 Å². The first-order valence-electron chi connectivity index (χ1n) is 9.07. The minimum atomic E-state index is -0.353. The summed E-state index contributed by atoms with van der Waals surface area (Å²) < 4.78 is 1.24. The molecule has 7 heteroatoms. The van der Waals surface area contributed by atoms with Gasteiger partial charge >= 0.3 is 0 Å². The van der Waals surface area contributed by atoms with Crippen LogP contribution in [0.15, 0.2) is 42.9 Å². The SMILES string of the molecule is O[C@@H]1C[C@H]2CN(c3nc4ccccc4s3)C[C@H]2C[C@H]1Nc1cnccn1. The van der Waals surface area contributed by atoms with Gasteiger partial charge < -0.3 is 15.3 Å². The molecule has 3 aromatic rings. The van der Waals surface area contributed by atoms with Gasteiger partial charge in [-0.2, -0.15) is 0 Å². The lowest BCUT2D eigenvalue weighted by Crippen LogP contribution is -2.43.